The number of carboxylic acid groups (broad SMARTS) is 1. The first-order valence-corrected chi connectivity index (χ1v) is 2.90. The van der Waals surface area contributed by atoms with Gasteiger partial charge >= 0.3 is 5.97 Å². The van der Waals surface area contributed by atoms with Gasteiger partial charge in [-0.1, -0.05) is 0 Å². The van der Waals surface area contributed by atoms with Crippen LogP contribution in [0.3, 0.4) is 0 Å². The predicted molar refractivity (Wildman–Crippen MR) is 35.8 cm³/mol. The number of carbonyl (C=O) groups excluding carboxylic acids is 1. The smallest absolute Gasteiger partial charge is 0.320 e. The van der Waals surface area contributed by atoms with E-state index in [0.29, 0.717) is 0 Å². The molecular formula is C6H9NO4. The molecule has 11 heavy (non-hydrogen) atoms. The Kier molecular flexibility index (Phi) is 4.40. The van der Waals surface area contributed by atoms with E-state index in [2.05, 4.69) is 0 Å². The molecule has 0 heterocycles. The number of hydrogen-bond donors (Lipinski definition) is 3. The van der Waals surface area contributed by atoms with E-state index in [1.165, 1.54) is 0 Å². The molecule has 0 saturated heterocycles. The minimum Gasteiger partial charge on any atom is -0.480 e. The highest BCUT2D eigenvalue weighted by molar-refractivity contribution is 6.03. The molecule has 1 unspecified atom stereocenters. The van der Waals surface area contributed by atoms with Gasteiger partial charge in [0.2, 0.25) is 0 Å². The topological polar surface area (TPSA) is 101 Å². The lowest BCUT2D eigenvalue weighted by molar-refractivity contribution is -0.136. The Morgan fingerprint density at radius 1 is 1.64 bits per heavy atom. The van der Waals surface area contributed by atoms with E-state index < -0.39 is 17.9 Å². The second-order valence-corrected chi connectivity index (χ2v) is 1.90. The van der Waals surface area contributed by atoms with Gasteiger partial charge in [-0.3, -0.25) is 4.79 Å². The van der Waals surface area contributed by atoms with E-state index in [1.54, 1.807) is 0 Å². The molecule has 0 aromatic rings. The summed E-state index contributed by atoms with van der Waals surface area (Å²) in [5.74, 6) is -1.79. The first-order chi connectivity index (χ1) is 5.13. The lowest BCUT2D eigenvalue weighted by atomic mass is 10.0. The zero-order chi connectivity index (χ0) is 8.85. The van der Waals surface area contributed by atoms with Crippen LogP contribution in [-0.2, 0) is 9.59 Å². The minimum atomic E-state index is -1.35. The number of aliphatic hydroxyl groups excluding tert-OH is 1. The first-order valence-electron chi connectivity index (χ1n) is 2.90. The highest BCUT2D eigenvalue weighted by Gasteiger charge is 2.25. The molecule has 62 valence electrons. The molecule has 0 aliphatic carbocycles. The van der Waals surface area contributed by atoms with Gasteiger partial charge in [-0.2, -0.15) is 0 Å². The highest BCUT2D eigenvalue weighted by atomic mass is 16.4. The molecule has 0 bridgehead atoms. The quantitative estimate of drug-likeness (QED) is 0.356. The fourth-order valence-electron chi connectivity index (χ4n) is 0.537. The summed E-state index contributed by atoms with van der Waals surface area (Å²) in [6, 6.07) is -0.935. The Balaban J connectivity index is 4.02. The van der Waals surface area contributed by atoms with Crippen LogP contribution in [0.5, 0.6) is 0 Å². The maximum atomic E-state index is 10.2. The first kappa shape index (κ1) is 10.1. The van der Waals surface area contributed by atoms with Gasteiger partial charge in [0.15, 0.2) is 5.92 Å². The summed E-state index contributed by atoms with van der Waals surface area (Å²) in [5, 5.41) is 16.6. The largest absolute Gasteiger partial charge is 0.480 e. The molecule has 0 aromatic carbocycles. The number of aliphatic carboxylic acids is 1. The van der Waals surface area contributed by atoms with E-state index >= 15 is 0 Å². The molecular weight excluding hydrogens is 150 g/mol. The van der Waals surface area contributed by atoms with Gasteiger partial charge < -0.3 is 20.7 Å². The van der Waals surface area contributed by atoms with Crippen molar-refractivity contribution in [2.45, 2.75) is 12.5 Å². The van der Waals surface area contributed by atoms with Crippen molar-refractivity contribution in [1.82, 2.24) is 0 Å². The average Bonchev–Trinajstić information content (AvgIpc) is 1.88. The van der Waals surface area contributed by atoms with Crippen LogP contribution >= 0.6 is 0 Å². The summed E-state index contributed by atoms with van der Waals surface area (Å²) in [5.41, 5.74) is 5.20. The summed E-state index contributed by atoms with van der Waals surface area (Å²) in [7, 11) is 0. The second-order valence-electron chi connectivity index (χ2n) is 1.90. The Labute approximate surface area is 63.8 Å². The standard InChI is InChI=1S/C6H9NO4/c7-5(1-2-8)4(3-9)6(10)11/h2-3,5,8H,1,7H2,(H,10,11). The Hall–Kier alpha value is -0.940. The van der Waals surface area contributed by atoms with Crippen molar-refractivity contribution in [3.05, 3.63) is 12.5 Å². The van der Waals surface area contributed by atoms with Gasteiger partial charge in [0.05, 0.1) is 6.61 Å². The summed E-state index contributed by atoms with van der Waals surface area (Å²) in [4.78, 5) is 20.3. The van der Waals surface area contributed by atoms with Gasteiger partial charge in [0, 0.05) is 6.04 Å². The lowest BCUT2D eigenvalue weighted by Gasteiger charge is -2.11. The number of rotatable bonds is 5. The van der Waals surface area contributed by atoms with E-state index in [-0.39, 0.29) is 12.7 Å². The number of nitrogens with two attached hydrogens (primary N) is 1. The van der Waals surface area contributed by atoms with Crippen molar-refractivity contribution >= 4 is 12.3 Å². The Morgan fingerprint density at radius 2 is 2.18 bits per heavy atom. The van der Waals surface area contributed by atoms with Crippen LogP contribution in [0, 0.1) is 12.5 Å². The molecule has 0 saturated carbocycles. The molecule has 0 spiro atoms. The molecule has 0 rings (SSSR count). The van der Waals surface area contributed by atoms with Crippen molar-refractivity contribution in [2.75, 3.05) is 0 Å². The van der Waals surface area contributed by atoms with Crippen LogP contribution in [0.15, 0.2) is 0 Å². The van der Waals surface area contributed by atoms with E-state index in [9.17, 15) is 9.59 Å². The zero-order valence-electron chi connectivity index (χ0n) is 5.73. The van der Waals surface area contributed by atoms with E-state index in [1.807, 2.05) is 0 Å². The van der Waals surface area contributed by atoms with Crippen molar-refractivity contribution < 1.29 is 19.8 Å². The Morgan fingerprint density at radius 3 is 2.45 bits per heavy atom. The fraction of sp³-hybridized carbons (Fsp3) is 0.333. The summed E-state index contributed by atoms with van der Waals surface area (Å²) < 4.78 is 0. The Bertz CT molecular complexity index is 148. The summed E-state index contributed by atoms with van der Waals surface area (Å²) in [6.07, 6.45) is 0.136. The lowest BCUT2D eigenvalue weighted by Crippen LogP contribution is -2.34. The number of aldehydes is 1. The van der Waals surface area contributed by atoms with E-state index in [0.717, 1.165) is 6.61 Å². The van der Waals surface area contributed by atoms with Crippen molar-refractivity contribution in [3.8, 4) is 0 Å². The van der Waals surface area contributed by atoms with Crippen LogP contribution < -0.4 is 5.73 Å². The maximum Gasteiger partial charge on any atom is 0.320 e. The summed E-state index contributed by atoms with van der Waals surface area (Å²) in [6.45, 7) is 0.719. The van der Waals surface area contributed by atoms with Gasteiger partial charge in [-0.05, 0) is 6.42 Å². The monoisotopic (exact) mass is 159 g/mol. The third-order valence-electron chi connectivity index (χ3n) is 1.13. The summed E-state index contributed by atoms with van der Waals surface area (Å²) >= 11 is 0. The molecule has 1 atom stereocenters. The zero-order valence-corrected chi connectivity index (χ0v) is 5.73. The van der Waals surface area contributed by atoms with Crippen LogP contribution in [0.4, 0.5) is 0 Å². The molecule has 2 radical (unpaired) electrons. The normalized spacial score (nSPS) is 13.0. The highest BCUT2D eigenvalue weighted by Crippen LogP contribution is 2.05. The molecule has 0 amide bonds. The van der Waals surface area contributed by atoms with Crippen LogP contribution in [0.1, 0.15) is 6.42 Å². The average molecular weight is 159 g/mol. The van der Waals surface area contributed by atoms with Gasteiger partial charge in [-0.15, -0.1) is 0 Å². The molecule has 0 aliphatic heterocycles. The van der Waals surface area contributed by atoms with Crippen molar-refractivity contribution in [3.63, 3.8) is 0 Å². The van der Waals surface area contributed by atoms with Crippen LogP contribution in [-0.4, -0.2) is 28.5 Å². The van der Waals surface area contributed by atoms with Gasteiger partial charge in [0.1, 0.15) is 6.29 Å². The molecule has 0 aromatic heterocycles. The number of carboxylic acids is 1. The maximum absolute atomic E-state index is 10.2. The molecule has 0 fully saturated rings. The van der Waals surface area contributed by atoms with Crippen molar-refractivity contribution in [1.29, 1.82) is 0 Å². The number of hydrogen-bond acceptors (Lipinski definition) is 4. The van der Waals surface area contributed by atoms with E-state index in [4.69, 9.17) is 15.9 Å². The molecule has 4 N–H and O–H groups in total. The fourth-order valence-corrected chi connectivity index (χ4v) is 0.537. The molecule has 0 aliphatic rings. The second kappa shape index (κ2) is 4.81. The number of aliphatic hydroxyl groups is 1. The number of carbonyl (C=O) groups is 2. The van der Waals surface area contributed by atoms with Crippen LogP contribution in [0.25, 0.3) is 0 Å². The van der Waals surface area contributed by atoms with Crippen molar-refractivity contribution in [2.24, 2.45) is 5.73 Å². The minimum absolute atomic E-state index is 0.0413. The third-order valence-corrected chi connectivity index (χ3v) is 1.13. The SMILES string of the molecule is NC(C[CH]O)[C](C=O)C(=O)O. The van der Waals surface area contributed by atoms with Gasteiger partial charge in [0.25, 0.3) is 0 Å². The molecule has 5 nitrogen and oxygen atoms in total. The molecule has 5 heteroatoms. The van der Waals surface area contributed by atoms with Gasteiger partial charge in [-0.25, -0.2) is 0 Å². The van der Waals surface area contributed by atoms with Crippen LogP contribution in [0.2, 0.25) is 0 Å². The predicted octanol–water partition coefficient (Wildman–Crippen LogP) is -0.904. The third kappa shape index (κ3) is 3.10.